The second-order valence-corrected chi connectivity index (χ2v) is 4.74. The average Bonchev–Trinajstić information content (AvgIpc) is 2.75. The number of fused-ring (bicyclic) bond motifs is 1. The lowest BCUT2D eigenvalue weighted by Gasteiger charge is -2.17. The highest BCUT2D eigenvalue weighted by molar-refractivity contribution is 7.17. The van der Waals surface area contributed by atoms with Gasteiger partial charge in [-0.05, 0) is 41.6 Å². The lowest BCUT2D eigenvalue weighted by molar-refractivity contribution is 0.0203. The molecule has 4 heteroatoms. The van der Waals surface area contributed by atoms with Crippen molar-refractivity contribution in [3.63, 3.8) is 0 Å². The van der Waals surface area contributed by atoms with Crippen molar-refractivity contribution in [3.8, 4) is 0 Å². The van der Waals surface area contributed by atoms with Crippen LogP contribution in [0.5, 0.6) is 0 Å². The zero-order chi connectivity index (χ0) is 11.5. The molecule has 1 aromatic heterocycles. The van der Waals surface area contributed by atoms with Gasteiger partial charge in [0.25, 0.3) is 0 Å². The predicted molar refractivity (Wildman–Crippen MR) is 66.7 cm³/mol. The maximum absolute atomic E-state index is 9.93. The molecule has 0 radical (unpaired) electrons. The summed E-state index contributed by atoms with van der Waals surface area (Å²) in [6.45, 7) is 0.378. The van der Waals surface area contributed by atoms with Gasteiger partial charge in [-0.15, -0.1) is 11.3 Å². The van der Waals surface area contributed by atoms with E-state index in [0.29, 0.717) is 6.54 Å². The molecule has 2 aromatic rings. The van der Waals surface area contributed by atoms with Gasteiger partial charge >= 0.3 is 0 Å². The molecule has 3 nitrogen and oxygen atoms in total. The molecule has 16 heavy (non-hydrogen) atoms. The summed E-state index contributed by atoms with van der Waals surface area (Å²) in [6.07, 6.45) is -1.61. The monoisotopic (exact) mass is 237 g/mol. The van der Waals surface area contributed by atoms with Crippen molar-refractivity contribution in [2.45, 2.75) is 12.2 Å². The van der Waals surface area contributed by atoms with E-state index in [1.54, 1.807) is 18.4 Å². The van der Waals surface area contributed by atoms with E-state index in [-0.39, 0.29) is 0 Å². The number of thiophene rings is 1. The topological polar surface area (TPSA) is 52.5 Å². The highest BCUT2D eigenvalue weighted by Gasteiger charge is 2.17. The van der Waals surface area contributed by atoms with Crippen LogP contribution in [0.3, 0.4) is 0 Å². The number of hydrogen-bond acceptors (Lipinski definition) is 4. The molecule has 2 atom stereocenters. The normalized spacial score (nSPS) is 15.2. The van der Waals surface area contributed by atoms with E-state index in [9.17, 15) is 10.2 Å². The first-order valence-corrected chi connectivity index (χ1v) is 6.08. The van der Waals surface area contributed by atoms with E-state index in [1.807, 2.05) is 29.6 Å². The summed E-state index contributed by atoms with van der Waals surface area (Å²) in [5.41, 5.74) is 0.758. The third-order valence-electron chi connectivity index (χ3n) is 2.60. The van der Waals surface area contributed by atoms with Gasteiger partial charge in [0, 0.05) is 11.2 Å². The Morgan fingerprint density at radius 2 is 2.12 bits per heavy atom. The molecule has 0 saturated carbocycles. The molecule has 86 valence electrons. The van der Waals surface area contributed by atoms with Crippen LogP contribution < -0.4 is 5.32 Å². The second kappa shape index (κ2) is 4.93. The Hall–Kier alpha value is -0.940. The molecule has 1 aromatic carbocycles. The van der Waals surface area contributed by atoms with Gasteiger partial charge in [-0.2, -0.15) is 0 Å². The van der Waals surface area contributed by atoms with E-state index in [0.717, 1.165) is 10.9 Å². The fourth-order valence-electron chi connectivity index (χ4n) is 1.71. The SMILES string of the molecule is CNCC(O)C(O)c1ccc2sccc2c1. The van der Waals surface area contributed by atoms with E-state index in [1.165, 1.54) is 4.70 Å². The Morgan fingerprint density at radius 3 is 2.88 bits per heavy atom. The first kappa shape index (κ1) is 11.5. The second-order valence-electron chi connectivity index (χ2n) is 3.79. The van der Waals surface area contributed by atoms with Crippen molar-refractivity contribution in [3.05, 3.63) is 35.2 Å². The molecule has 0 spiro atoms. The molecule has 0 amide bonds. The predicted octanol–water partition coefficient (Wildman–Crippen LogP) is 1.51. The van der Waals surface area contributed by atoms with E-state index in [2.05, 4.69) is 5.32 Å². The maximum atomic E-state index is 9.93. The summed E-state index contributed by atoms with van der Waals surface area (Å²) in [7, 11) is 1.75. The van der Waals surface area contributed by atoms with Gasteiger partial charge in [0.1, 0.15) is 6.10 Å². The van der Waals surface area contributed by atoms with Crippen LogP contribution in [0.4, 0.5) is 0 Å². The van der Waals surface area contributed by atoms with Crippen LogP contribution in [-0.4, -0.2) is 29.9 Å². The standard InChI is InChI=1S/C12H15NO2S/c1-13-7-10(14)12(15)9-2-3-11-8(6-9)4-5-16-11/h2-6,10,12-15H,7H2,1H3. The zero-order valence-electron chi connectivity index (χ0n) is 9.05. The van der Waals surface area contributed by atoms with E-state index in [4.69, 9.17) is 0 Å². The first-order valence-electron chi connectivity index (χ1n) is 5.20. The van der Waals surface area contributed by atoms with Gasteiger partial charge in [-0.1, -0.05) is 6.07 Å². The molecule has 1 heterocycles. The number of benzene rings is 1. The molecule has 0 saturated heterocycles. The highest BCUT2D eigenvalue weighted by Crippen LogP contribution is 2.25. The first-order chi connectivity index (χ1) is 7.72. The number of likely N-dealkylation sites (N-methyl/N-ethyl adjacent to an activating group) is 1. The van der Waals surface area contributed by atoms with E-state index < -0.39 is 12.2 Å². The summed E-state index contributed by atoms with van der Waals surface area (Å²) < 4.78 is 1.19. The summed E-state index contributed by atoms with van der Waals surface area (Å²) >= 11 is 1.67. The fourth-order valence-corrected chi connectivity index (χ4v) is 2.48. The van der Waals surface area contributed by atoms with Gasteiger partial charge in [0.05, 0.1) is 6.10 Å². The Balaban J connectivity index is 2.24. The van der Waals surface area contributed by atoms with Crippen LogP contribution in [0.15, 0.2) is 29.6 Å². The Morgan fingerprint density at radius 1 is 1.31 bits per heavy atom. The summed E-state index contributed by atoms with van der Waals surface area (Å²) in [5, 5.41) is 25.6. The summed E-state index contributed by atoms with van der Waals surface area (Å²) in [5.74, 6) is 0. The molecule has 0 aliphatic carbocycles. The van der Waals surface area contributed by atoms with Crippen molar-refractivity contribution >= 4 is 21.4 Å². The molecule has 0 aliphatic heterocycles. The average molecular weight is 237 g/mol. The number of aliphatic hydroxyl groups excluding tert-OH is 2. The number of aliphatic hydroxyl groups is 2. The van der Waals surface area contributed by atoms with E-state index >= 15 is 0 Å². The lowest BCUT2D eigenvalue weighted by Crippen LogP contribution is -2.29. The van der Waals surface area contributed by atoms with Gasteiger partial charge in [0.15, 0.2) is 0 Å². The van der Waals surface area contributed by atoms with Gasteiger partial charge in [-0.3, -0.25) is 0 Å². The molecule has 0 aliphatic rings. The van der Waals surface area contributed by atoms with Crippen molar-refractivity contribution in [1.29, 1.82) is 0 Å². The molecule has 0 fully saturated rings. The van der Waals surface area contributed by atoms with Crippen LogP contribution >= 0.6 is 11.3 Å². The number of rotatable bonds is 4. The molecule has 0 bridgehead atoms. The number of hydrogen-bond donors (Lipinski definition) is 3. The lowest BCUT2D eigenvalue weighted by atomic mass is 10.0. The smallest absolute Gasteiger partial charge is 0.106 e. The van der Waals surface area contributed by atoms with Crippen molar-refractivity contribution < 1.29 is 10.2 Å². The minimum Gasteiger partial charge on any atom is -0.389 e. The quantitative estimate of drug-likeness (QED) is 0.755. The molecular weight excluding hydrogens is 222 g/mol. The largest absolute Gasteiger partial charge is 0.389 e. The van der Waals surface area contributed by atoms with Crippen LogP contribution in [0, 0.1) is 0 Å². The number of nitrogens with one attached hydrogen (secondary N) is 1. The van der Waals surface area contributed by atoms with Gasteiger partial charge in [-0.25, -0.2) is 0 Å². The summed E-state index contributed by atoms with van der Waals surface area (Å²) in [4.78, 5) is 0. The van der Waals surface area contributed by atoms with Crippen LogP contribution in [-0.2, 0) is 0 Å². The minimum atomic E-state index is -0.836. The molecule has 3 N–H and O–H groups in total. The Kier molecular flexibility index (Phi) is 3.56. The summed E-state index contributed by atoms with van der Waals surface area (Å²) in [6, 6.07) is 7.78. The molecule has 2 rings (SSSR count). The Labute approximate surface area is 98.4 Å². The Bertz CT molecular complexity index is 469. The zero-order valence-corrected chi connectivity index (χ0v) is 9.87. The maximum Gasteiger partial charge on any atom is 0.106 e. The van der Waals surface area contributed by atoms with Gasteiger partial charge in [0.2, 0.25) is 0 Å². The van der Waals surface area contributed by atoms with Crippen molar-refractivity contribution in [2.24, 2.45) is 0 Å². The van der Waals surface area contributed by atoms with Gasteiger partial charge < -0.3 is 15.5 Å². The van der Waals surface area contributed by atoms with Crippen LogP contribution in [0.25, 0.3) is 10.1 Å². The molecular formula is C12H15NO2S. The fraction of sp³-hybridized carbons (Fsp3) is 0.333. The third kappa shape index (κ3) is 2.25. The van der Waals surface area contributed by atoms with Crippen molar-refractivity contribution in [2.75, 3.05) is 13.6 Å². The molecule has 2 unspecified atom stereocenters. The van der Waals surface area contributed by atoms with Crippen molar-refractivity contribution in [1.82, 2.24) is 5.32 Å². The third-order valence-corrected chi connectivity index (χ3v) is 3.49. The minimum absolute atomic E-state index is 0.378. The van der Waals surface area contributed by atoms with Crippen LogP contribution in [0.2, 0.25) is 0 Å². The van der Waals surface area contributed by atoms with Crippen LogP contribution in [0.1, 0.15) is 11.7 Å². The highest BCUT2D eigenvalue weighted by atomic mass is 32.1.